The molecule has 0 amide bonds. The number of alkyl halides is 3. The molecular weight excluding hydrogens is 356 g/mol. The number of halogens is 4. The van der Waals surface area contributed by atoms with E-state index in [2.05, 4.69) is 9.97 Å². The molecule has 1 atom stereocenters. The van der Waals surface area contributed by atoms with Crippen molar-refractivity contribution >= 4 is 11.3 Å². The van der Waals surface area contributed by atoms with Crippen LogP contribution in [0.4, 0.5) is 17.6 Å². The summed E-state index contributed by atoms with van der Waals surface area (Å²) in [5.41, 5.74) is 0.860. The number of benzene rings is 1. The average Bonchev–Trinajstić information content (AvgIpc) is 2.99. The number of rotatable bonds is 4. The van der Waals surface area contributed by atoms with Gasteiger partial charge in [-0.2, -0.15) is 13.2 Å². The largest absolute Gasteiger partial charge is 0.460 e. The molecule has 8 heteroatoms. The predicted molar refractivity (Wildman–Crippen MR) is 85.9 cm³/mol. The Morgan fingerprint density at radius 1 is 1.16 bits per heavy atom. The third-order valence-electron chi connectivity index (χ3n) is 3.38. The van der Waals surface area contributed by atoms with Crippen molar-refractivity contribution in [3.63, 3.8) is 0 Å². The molecule has 25 heavy (non-hydrogen) atoms. The lowest BCUT2D eigenvalue weighted by atomic mass is 10.00. The lowest BCUT2D eigenvalue weighted by Gasteiger charge is -2.23. The summed E-state index contributed by atoms with van der Waals surface area (Å²) in [5.74, 6) is -0.831. The van der Waals surface area contributed by atoms with Crippen LogP contribution >= 0.6 is 11.3 Å². The monoisotopic (exact) mass is 368 g/mol. The average molecular weight is 368 g/mol. The Bertz CT molecular complexity index is 865. The van der Waals surface area contributed by atoms with E-state index in [0.717, 1.165) is 30.1 Å². The van der Waals surface area contributed by atoms with Crippen molar-refractivity contribution < 1.29 is 22.3 Å². The van der Waals surface area contributed by atoms with Crippen LogP contribution in [0, 0.1) is 12.7 Å². The van der Waals surface area contributed by atoms with Crippen LogP contribution in [0.2, 0.25) is 0 Å². The van der Waals surface area contributed by atoms with Crippen molar-refractivity contribution in [2.45, 2.75) is 19.2 Å². The second-order valence-electron chi connectivity index (χ2n) is 5.31. The summed E-state index contributed by atoms with van der Waals surface area (Å²) >= 11 is 1.24. The minimum absolute atomic E-state index is 0.148. The van der Waals surface area contributed by atoms with Gasteiger partial charge in [0.2, 0.25) is 12.0 Å². The molecule has 3 nitrogen and oxygen atoms in total. The first-order valence-corrected chi connectivity index (χ1v) is 8.07. The van der Waals surface area contributed by atoms with E-state index in [9.17, 15) is 17.6 Å². The molecule has 3 aromatic rings. The van der Waals surface area contributed by atoms with Crippen LogP contribution in [0.15, 0.2) is 48.2 Å². The van der Waals surface area contributed by atoms with Crippen molar-refractivity contribution in [1.29, 1.82) is 0 Å². The Morgan fingerprint density at radius 2 is 1.96 bits per heavy atom. The summed E-state index contributed by atoms with van der Waals surface area (Å²) in [6.45, 7) is 1.82. The van der Waals surface area contributed by atoms with E-state index in [1.165, 1.54) is 23.6 Å². The first-order valence-electron chi connectivity index (χ1n) is 7.19. The molecule has 1 unspecified atom stereocenters. The van der Waals surface area contributed by atoms with E-state index >= 15 is 0 Å². The molecule has 2 heterocycles. The molecule has 0 saturated heterocycles. The van der Waals surface area contributed by atoms with Gasteiger partial charge in [-0.15, -0.1) is 11.3 Å². The summed E-state index contributed by atoms with van der Waals surface area (Å²) in [7, 11) is 0. The summed E-state index contributed by atoms with van der Waals surface area (Å²) < 4.78 is 59.7. The fourth-order valence-corrected chi connectivity index (χ4v) is 3.26. The van der Waals surface area contributed by atoms with Gasteiger partial charge in [0.25, 0.3) is 0 Å². The number of nitrogens with zero attached hydrogens (tertiary/aromatic N) is 2. The summed E-state index contributed by atoms with van der Waals surface area (Å²) in [5, 5.41) is 1.79. The normalized spacial score (nSPS) is 12.8. The predicted octanol–water partition coefficient (Wildman–Crippen LogP) is 5.34. The summed E-state index contributed by atoms with van der Waals surface area (Å²) in [6.07, 6.45) is -4.61. The van der Waals surface area contributed by atoms with Gasteiger partial charge < -0.3 is 4.74 Å². The van der Waals surface area contributed by atoms with Crippen LogP contribution in [0.25, 0.3) is 10.4 Å². The van der Waals surface area contributed by atoms with Gasteiger partial charge in [-0.3, -0.25) is 0 Å². The van der Waals surface area contributed by atoms with Gasteiger partial charge in [-0.25, -0.2) is 14.4 Å². The Balaban J connectivity index is 2.10. The minimum Gasteiger partial charge on any atom is -0.460 e. The molecule has 0 radical (unpaired) electrons. The highest BCUT2D eigenvalue weighted by molar-refractivity contribution is 7.13. The zero-order valence-electron chi connectivity index (χ0n) is 12.9. The van der Waals surface area contributed by atoms with Crippen molar-refractivity contribution in [2.75, 3.05) is 0 Å². The number of thiophene rings is 1. The van der Waals surface area contributed by atoms with Crippen molar-refractivity contribution in [3.05, 3.63) is 65.2 Å². The number of hydrogen-bond acceptors (Lipinski definition) is 4. The maximum Gasteiger partial charge on any atom is 0.429 e. The van der Waals surface area contributed by atoms with E-state index < -0.39 is 18.1 Å². The summed E-state index contributed by atoms with van der Waals surface area (Å²) in [4.78, 5) is 7.86. The highest BCUT2D eigenvalue weighted by Gasteiger charge is 2.44. The number of ether oxygens (including phenoxy) is 1. The molecule has 2 aromatic heterocycles. The SMILES string of the molecule is Cc1csc(-c2cc(F)ccc2C(Oc2ccncn2)C(F)(F)F)c1. The van der Waals surface area contributed by atoms with Crippen molar-refractivity contribution in [3.8, 4) is 16.3 Å². The first kappa shape index (κ1) is 17.3. The molecule has 3 rings (SSSR count). The molecule has 0 aliphatic heterocycles. The van der Waals surface area contributed by atoms with Crippen LogP contribution in [-0.2, 0) is 0 Å². The van der Waals surface area contributed by atoms with Crippen molar-refractivity contribution in [1.82, 2.24) is 9.97 Å². The summed E-state index contributed by atoms with van der Waals surface area (Å²) in [6, 6.07) is 6.11. The van der Waals surface area contributed by atoms with Crippen LogP contribution in [0.5, 0.6) is 5.88 Å². The second-order valence-corrected chi connectivity index (χ2v) is 6.22. The van der Waals surface area contributed by atoms with Crippen LogP contribution in [0.3, 0.4) is 0 Å². The van der Waals surface area contributed by atoms with Crippen LogP contribution in [-0.4, -0.2) is 16.1 Å². The molecular formula is C17H12F4N2OS. The fraction of sp³-hybridized carbons (Fsp3) is 0.176. The Kier molecular flexibility index (Phi) is 4.71. The maximum atomic E-state index is 13.7. The second kappa shape index (κ2) is 6.79. The Hall–Kier alpha value is -2.48. The van der Waals surface area contributed by atoms with E-state index in [0.29, 0.717) is 4.88 Å². The molecule has 0 fully saturated rings. The zero-order chi connectivity index (χ0) is 18.0. The van der Waals surface area contributed by atoms with E-state index in [-0.39, 0.29) is 17.0 Å². The van der Waals surface area contributed by atoms with Gasteiger partial charge in [0.1, 0.15) is 12.1 Å². The molecule has 0 aliphatic rings. The molecule has 0 saturated carbocycles. The van der Waals surface area contributed by atoms with Gasteiger partial charge in [-0.05, 0) is 36.1 Å². The van der Waals surface area contributed by atoms with Gasteiger partial charge >= 0.3 is 6.18 Å². The van der Waals surface area contributed by atoms with E-state index in [1.807, 2.05) is 6.92 Å². The standard InChI is InChI=1S/C17H12F4N2OS/c1-10-6-14(25-8-10)13-7-11(18)2-3-12(13)16(17(19,20)21)24-15-4-5-22-9-23-15/h2-9,16H,1H3. The van der Waals surface area contributed by atoms with Crippen LogP contribution in [0.1, 0.15) is 17.2 Å². The number of aryl methyl sites for hydroxylation is 1. The molecule has 0 bridgehead atoms. The topological polar surface area (TPSA) is 35.0 Å². The zero-order valence-corrected chi connectivity index (χ0v) is 13.7. The van der Waals surface area contributed by atoms with Gasteiger partial charge in [0, 0.05) is 28.3 Å². The minimum atomic E-state index is -4.70. The third kappa shape index (κ3) is 3.96. The van der Waals surface area contributed by atoms with Gasteiger partial charge in [-0.1, -0.05) is 6.07 Å². The van der Waals surface area contributed by atoms with Gasteiger partial charge in [0.05, 0.1) is 0 Å². The Morgan fingerprint density at radius 3 is 2.56 bits per heavy atom. The molecule has 1 aromatic carbocycles. The third-order valence-corrected chi connectivity index (χ3v) is 4.47. The maximum absolute atomic E-state index is 13.7. The van der Waals surface area contributed by atoms with Gasteiger partial charge in [0.15, 0.2) is 0 Å². The quantitative estimate of drug-likeness (QED) is 0.584. The highest BCUT2D eigenvalue weighted by atomic mass is 32.1. The smallest absolute Gasteiger partial charge is 0.429 e. The fourth-order valence-electron chi connectivity index (χ4n) is 2.32. The Labute approximate surface area is 144 Å². The number of hydrogen-bond donors (Lipinski definition) is 0. The number of aromatic nitrogens is 2. The van der Waals surface area contributed by atoms with Crippen molar-refractivity contribution in [2.24, 2.45) is 0 Å². The highest BCUT2D eigenvalue weighted by Crippen LogP contribution is 2.42. The molecule has 0 aliphatic carbocycles. The molecule has 0 N–H and O–H groups in total. The van der Waals surface area contributed by atoms with E-state index in [4.69, 9.17) is 4.74 Å². The van der Waals surface area contributed by atoms with E-state index in [1.54, 1.807) is 11.4 Å². The lowest BCUT2D eigenvalue weighted by molar-refractivity contribution is -0.198. The van der Waals surface area contributed by atoms with Crippen LogP contribution < -0.4 is 4.74 Å². The molecule has 0 spiro atoms. The molecule has 130 valence electrons. The lowest BCUT2D eigenvalue weighted by Crippen LogP contribution is -2.27. The first-order chi connectivity index (χ1) is 11.8.